The maximum absolute atomic E-state index is 3.64. The summed E-state index contributed by atoms with van der Waals surface area (Å²) in [6.45, 7) is 15.1. The molecule has 2 nitrogen and oxygen atoms in total. The fraction of sp³-hybridized carbons (Fsp3) is 0.514. The molecule has 0 saturated heterocycles. The second-order valence-electron chi connectivity index (χ2n) is 12.7. The van der Waals surface area contributed by atoms with Crippen LogP contribution in [0.5, 0.6) is 0 Å². The molecule has 0 fully saturated rings. The van der Waals surface area contributed by atoms with Gasteiger partial charge < -0.3 is 10.6 Å². The van der Waals surface area contributed by atoms with E-state index in [0.29, 0.717) is 17.9 Å². The lowest BCUT2D eigenvalue weighted by atomic mass is 9.79. The molecular weight excluding hydrogens is 472 g/mol. The molecule has 210 valence electrons. The van der Waals surface area contributed by atoms with Gasteiger partial charge in [-0.15, -0.1) is 0 Å². The monoisotopic (exact) mass is 524 g/mol. The summed E-state index contributed by atoms with van der Waals surface area (Å²) in [6.07, 6.45) is 8.77. The van der Waals surface area contributed by atoms with Crippen LogP contribution in [0.4, 0.5) is 11.4 Å². The summed E-state index contributed by atoms with van der Waals surface area (Å²) < 4.78 is 0. The topological polar surface area (TPSA) is 24.1 Å². The molecule has 0 bridgehead atoms. The summed E-state index contributed by atoms with van der Waals surface area (Å²) in [7, 11) is 0. The molecule has 2 N–H and O–H groups in total. The van der Waals surface area contributed by atoms with Crippen molar-refractivity contribution in [2.24, 2.45) is 11.8 Å². The van der Waals surface area contributed by atoms with E-state index in [4.69, 9.17) is 0 Å². The molecule has 5 rings (SSSR count). The first-order valence-electron chi connectivity index (χ1n) is 15.7. The van der Waals surface area contributed by atoms with Crippen LogP contribution < -0.4 is 10.6 Å². The zero-order valence-corrected chi connectivity index (χ0v) is 25.4. The number of benzene rings is 3. The molecule has 2 aliphatic rings. The van der Waals surface area contributed by atoms with Crippen LogP contribution in [0.2, 0.25) is 0 Å². The zero-order chi connectivity index (χ0) is 27.8. The maximum Gasteiger partial charge on any atom is 0.0377 e. The average molecular weight is 525 g/mol. The first-order chi connectivity index (χ1) is 18.9. The number of rotatable bonds is 8. The number of aryl methyl sites for hydroxylation is 1. The van der Waals surface area contributed by atoms with E-state index < -0.39 is 0 Å². The lowest BCUT2D eigenvalue weighted by Crippen LogP contribution is -2.27. The van der Waals surface area contributed by atoms with Crippen molar-refractivity contribution in [2.45, 2.75) is 104 Å². The quantitative estimate of drug-likeness (QED) is 0.286. The Morgan fingerprint density at radius 2 is 1.41 bits per heavy atom. The van der Waals surface area contributed by atoms with Gasteiger partial charge in [-0.3, -0.25) is 0 Å². The summed E-state index contributed by atoms with van der Waals surface area (Å²) in [6, 6.07) is 25.3. The molecule has 3 aromatic carbocycles. The van der Waals surface area contributed by atoms with Crippen molar-refractivity contribution in [1.82, 2.24) is 0 Å². The number of fused-ring (bicyclic) bond motifs is 2. The molecule has 2 heterocycles. The molecule has 39 heavy (non-hydrogen) atoms. The third-order valence-electron chi connectivity index (χ3n) is 8.74. The number of hydrogen-bond acceptors (Lipinski definition) is 2. The Labute approximate surface area is 239 Å². The highest BCUT2D eigenvalue weighted by Crippen LogP contribution is 2.40. The van der Waals surface area contributed by atoms with Gasteiger partial charge in [-0.2, -0.15) is 0 Å². The predicted octanol–water partition coefficient (Wildman–Crippen LogP) is 10.2. The lowest BCUT2D eigenvalue weighted by Gasteiger charge is -2.34. The van der Waals surface area contributed by atoms with Crippen LogP contribution in [-0.4, -0.2) is 12.6 Å². The summed E-state index contributed by atoms with van der Waals surface area (Å²) in [5.74, 6) is 2.86. The van der Waals surface area contributed by atoms with Crippen LogP contribution in [0.1, 0.15) is 113 Å². The SMILES string of the molecule is CC1CC(C(C)C)c2cc(Cc3ccccc3)ccc2N1.CCCCCc1ccc2c(c1)C(C(C)C)CCN2. The molecule has 2 aliphatic heterocycles. The van der Waals surface area contributed by atoms with E-state index in [0.717, 1.165) is 24.8 Å². The first-order valence-corrected chi connectivity index (χ1v) is 15.7. The lowest BCUT2D eigenvalue weighted by molar-refractivity contribution is 0.435. The van der Waals surface area contributed by atoms with Gasteiger partial charge >= 0.3 is 0 Å². The fourth-order valence-electron chi connectivity index (χ4n) is 6.48. The molecule has 0 amide bonds. The molecule has 0 spiro atoms. The van der Waals surface area contributed by atoms with E-state index >= 15 is 0 Å². The average Bonchev–Trinajstić information content (AvgIpc) is 2.93. The largest absolute Gasteiger partial charge is 0.385 e. The van der Waals surface area contributed by atoms with Gasteiger partial charge in [-0.1, -0.05) is 102 Å². The smallest absolute Gasteiger partial charge is 0.0377 e. The Kier molecular flexibility index (Phi) is 10.5. The third kappa shape index (κ3) is 7.90. The van der Waals surface area contributed by atoms with Gasteiger partial charge in [0.15, 0.2) is 0 Å². The number of nitrogens with one attached hydrogen (secondary N) is 2. The molecule has 3 atom stereocenters. The van der Waals surface area contributed by atoms with Gasteiger partial charge in [-0.05, 0) is 103 Å². The molecule has 0 saturated carbocycles. The van der Waals surface area contributed by atoms with E-state index in [-0.39, 0.29) is 0 Å². The Balaban J connectivity index is 0.000000183. The standard InChI is InChI=1S/C20H25N.C17H27N/c1-14(2)18-11-15(3)21-20-10-9-17(13-19(18)20)12-16-7-5-4-6-8-16;1-4-5-6-7-14-8-9-17-16(12-14)15(13(2)3)10-11-18-17/h4-10,13-15,18,21H,11-12H2,1-3H3;8-9,12-13,15,18H,4-7,10-11H2,1-3H3. The minimum Gasteiger partial charge on any atom is -0.385 e. The van der Waals surface area contributed by atoms with Crippen molar-refractivity contribution in [3.63, 3.8) is 0 Å². The molecule has 0 aliphatic carbocycles. The maximum atomic E-state index is 3.64. The highest BCUT2D eigenvalue weighted by atomic mass is 14.9. The summed E-state index contributed by atoms with van der Waals surface area (Å²) >= 11 is 0. The number of hydrogen-bond donors (Lipinski definition) is 2. The van der Waals surface area contributed by atoms with Crippen molar-refractivity contribution in [3.8, 4) is 0 Å². The van der Waals surface area contributed by atoms with Gasteiger partial charge in [0.1, 0.15) is 0 Å². The molecule has 0 radical (unpaired) electrons. The second-order valence-corrected chi connectivity index (χ2v) is 12.7. The Hall–Kier alpha value is -2.74. The van der Waals surface area contributed by atoms with E-state index in [9.17, 15) is 0 Å². The fourth-order valence-corrected chi connectivity index (χ4v) is 6.48. The van der Waals surface area contributed by atoms with Gasteiger partial charge in [0, 0.05) is 24.0 Å². The van der Waals surface area contributed by atoms with Crippen LogP contribution in [0.25, 0.3) is 0 Å². The Morgan fingerprint density at radius 1 is 0.744 bits per heavy atom. The van der Waals surface area contributed by atoms with Crippen LogP contribution in [0.15, 0.2) is 66.7 Å². The normalized spacial score (nSPS) is 19.8. The van der Waals surface area contributed by atoms with Gasteiger partial charge in [0.05, 0.1) is 0 Å². The highest BCUT2D eigenvalue weighted by Gasteiger charge is 2.26. The van der Waals surface area contributed by atoms with Crippen LogP contribution in [-0.2, 0) is 12.8 Å². The van der Waals surface area contributed by atoms with Gasteiger partial charge in [0.25, 0.3) is 0 Å². The van der Waals surface area contributed by atoms with E-state index in [2.05, 4.69) is 119 Å². The first kappa shape index (κ1) is 29.2. The molecule has 2 heteroatoms. The predicted molar refractivity (Wildman–Crippen MR) is 171 cm³/mol. The molecule has 3 unspecified atom stereocenters. The van der Waals surface area contributed by atoms with Crippen molar-refractivity contribution in [3.05, 3.63) is 94.5 Å². The third-order valence-corrected chi connectivity index (χ3v) is 8.74. The van der Waals surface area contributed by atoms with Gasteiger partial charge in [0.2, 0.25) is 0 Å². The summed E-state index contributed by atoms with van der Waals surface area (Å²) in [4.78, 5) is 0. The van der Waals surface area contributed by atoms with Crippen molar-refractivity contribution < 1.29 is 0 Å². The van der Waals surface area contributed by atoms with E-state index in [1.54, 1.807) is 5.56 Å². The van der Waals surface area contributed by atoms with Crippen LogP contribution >= 0.6 is 0 Å². The summed E-state index contributed by atoms with van der Waals surface area (Å²) in [5.41, 5.74) is 10.1. The Bertz CT molecular complexity index is 1160. The highest BCUT2D eigenvalue weighted by molar-refractivity contribution is 5.58. The molecule has 0 aromatic heterocycles. The van der Waals surface area contributed by atoms with Crippen molar-refractivity contribution in [1.29, 1.82) is 0 Å². The van der Waals surface area contributed by atoms with Crippen molar-refractivity contribution in [2.75, 3.05) is 17.2 Å². The number of unbranched alkanes of at least 4 members (excludes halogenated alkanes) is 2. The molecular formula is C37H52N2. The minimum absolute atomic E-state index is 0.574. The number of anilines is 2. The van der Waals surface area contributed by atoms with E-state index in [1.165, 1.54) is 72.2 Å². The minimum atomic E-state index is 0.574. The second kappa shape index (κ2) is 14.1. The van der Waals surface area contributed by atoms with E-state index in [1.807, 2.05) is 0 Å². The summed E-state index contributed by atoms with van der Waals surface area (Å²) in [5, 5.41) is 7.18. The van der Waals surface area contributed by atoms with Gasteiger partial charge in [-0.25, -0.2) is 0 Å². The van der Waals surface area contributed by atoms with Crippen LogP contribution in [0, 0.1) is 11.8 Å². The zero-order valence-electron chi connectivity index (χ0n) is 25.4. The molecule has 3 aromatic rings. The van der Waals surface area contributed by atoms with Crippen LogP contribution in [0.3, 0.4) is 0 Å². The Morgan fingerprint density at radius 3 is 2.13 bits per heavy atom. The van der Waals surface area contributed by atoms with Crippen molar-refractivity contribution >= 4 is 11.4 Å².